The summed E-state index contributed by atoms with van der Waals surface area (Å²) in [4.78, 5) is 18.5. The molecule has 0 radical (unpaired) electrons. The second-order valence-corrected chi connectivity index (χ2v) is 6.26. The summed E-state index contributed by atoms with van der Waals surface area (Å²) in [5, 5.41) is 6.06. The minimum Gasteiger partial charge on any atom is -0.459 e. The van der Waals surface area contributed by atoms with Crippen LogP contribution in [0.5, 0.6) is 0 Å². The number of rotatable bonds is 8. The monoisotopic (exact) mass is 374 g/mol. The first kappa shape index (κ1) is 20.5. The molecule has 0 bridgehead atoms. The molecule has 0 saturated heterocycles. The van der Waals surface area contributed by atoms with Crippen molar-refractivity contribution in [3.63, 3.8) is 0 Å². The van der Waals surface area contributed by atoms with Gasteiger partial charge < -0.3 is 20.0 Å². The molecule has 6 nitrogen and oxygen atoms in total. The highest BCUT2D eigenvalue weighted by atomic mass is 19.1. The molecule has 27 heavy (non-hydrogen) atoms. The topological polar surface area (TPSA) is 69.9 Å². The zero-order valence-electron chi connectivity index (χ0n) is 16.1. The molecule has 0 fully saturated rings. The molecule has 0 saturated carbocycles. The Bertz CT molecular complexity index is 773. The largest absolute Gasteiger partial charge is 0.459 e. The lowest BCUT2D eigenvalue weighted by Gasteiger charge is -2.22. The number of amides is 1. The van der Waals surface area contributed by atoms with Crippen molar-refractivity contribution in [1.82, 2.24) is 15.5 Å². The van der Waals surface area contributed by atoms with E-state index in [4.69, 9.17) is 4.42 Å². The van der Waals surface area contributed by atoms with Crippen LogP contribution in [0.2, 0.25) is 0 Å². The third-order valence-electron chi connectivity index (χ3n) is 3.96. The van der Waals surface area contributed by atoms with Crippen molar-refractivity contribution in [3.8, 4) is 0 Å². The predicted molar refractivity (Wildman–Crippen MR) is 104 cm³/mol. The predicted octanol–water partition coefficient (Wildman–Crippen LogP) is 2.94. The van der Waals surface area contributed by atoms with E-state index in [0.717, 1.165) is 23.6 Å². The highest BCUT2D eigenvalue weighted by Crippen LogP contribution is 2.08. The normalized spacial score (nSPS) is 11.3. The molecule has 0 atom stereocenters. The van der Waals surface area contributed by atoms with Crippen LogP contribution in [0.15, 0.2) is 46.0 Å². The average molecular weight is 374 g/mol. The lowest BCUT2D eigenvalue weighted by Crippen LogP contribution is -2.38. The first-order valence-electron chi connectivity index (χ1n) is 9.07. The SMILES string of the molecule is CCNC(=NCCCNC(=O)c1occc1C)N(C)Cc1cccc(F)c1. The Morgan fingerprint density at radius 2 is 2.11 bits per heavy atom. The number of hydrogen-bond donors (Lipinski definition) is 2. The molecule has 146 valence electrons. The molecule has 1 aromatic heterocycles. The number of nitrogens with zero attached hydrogens (tertiary/aromatic N) is 2. The smallest absolute Gasteiger partial charge is 0.287 e. The molecule has 0 aliphatic rings. The maximum atomic E-state index is 13.3. The number of guanidine groups is 1. The lowest BCUT2D eigenvalue weighted by atomic mass is 10.2. The number of aryl methyl sites for hydroxylation is 1. The Balaban J connectivity index is 1.82. The molecule has 0 spiro atoms. The van der Waals surface area contributed by atoms with Gasteiger partial charge >= 0.3 is 0 Å². The van der Waals surface area contributed by atoms with Gasteiger partial charge in [0, 0.05) is 38.8 Å². The van der Waals surface area contributed by atoms with Gasteiger partial charge in [-0.2, -0.15) is 0 Å². The minimum absolute atomic E-state index is 0.211. The first-order chi connectivity index (χ1) is 13.0. The number of nitrogens with one attached hydrogen (secondary N) is 2. The molecule has 2 aromatic rings. The van der Waals surface area contributed by atoms with Gasteiger partial charge in [0.1, 0.15) is 5.82 Å². The highest BCUT2D eigenvalue weighted by Gasteiger charge is 2.11. The van der Waals surface area contributed by atoms with Gasteiger partial charge in [-0.15, -0.1) is 0 Å². The van der Waals surface area contributed by atoms with Gasteiger partial charge in [0.15, 0.2) is 11.7 Å². The van der Waals surface area contributed by atoms with Crippen molar-refractivity contribution in [2.75, 3.05) is 26.7 Å². The minimum atomic E-state index is -0.245. The van der Waals surface area contributed by atoms with Crippen molar-refractivity contribution < 1.29 is 13.6 Å². The Morgan fingerprint density at radius 3 is 2.78 bits per heavy atom. The number of hydrogen-bond acceptors (Lipinski definition) is 3. The van der Waals surface area contributed by atoms with Crippen LogP contribution in [0.3, 0.4) is 0 Å². The van der Waals surface area contributed by atoms with Crippen LogP contribution >= 0.6 is 0 Å². The van der Waals surface area contributed by atoms with E-state index in [1.54, 1.807) is 12.1 Å². The fourth-order valence-corrected chi connectivity index (χ4v) is 2.61. The first-order valence-corrected chi connectivity index (χ1v) is 9.07. The summed E-state index contributed by atoms with van der Waals surface area (Å²) >= 11 is 0. The Kier molecular flexibility index (Phi) is 7.85. The molecule has 2 N–H and O–H groups in total. The van der Waals surface area contributed by atoms with Crippen LogP contribution in [0.1, 0.15) is 35.0 Å². The summed E-state index contributed by atoms with van der Waals surface area (Å²) in [7, 11) is 1.91. The molecule has 2 rings (SSSR count). The van der Waals surface area contributed by atoms with E-state index in [1.165, 1.54) is 18.4 Å². The summed E-state index contributed by atoms with van der Waals surface area (Å²) in [6, 6.07) is 8.30. The molecule has 0 aliphatic heterocycles. The third kappa shape index (κ3) is 6.44. The summed E-state index contributed by atoms with van der Waals surface area (Å²) in [5.74, 6) is 0.638. The Labute approximate surface area is 159 Å². The molecule has 1 amide bonds. The summed E-state index contributed by atoms with van der Waals surface area (Å²) in [6.45, 7) is 6.19. The van der Waals surface area contributed by atoms with Crippen molar-refractivity contribution in [3.05, 3.63) is 59.3 Å². The quantitative estimate of drug-likeness (QED) is 0.423. The molecule has 0 unspecified atom stereocenters. The summed E-state index contributed by atoms with van der Waals surface area (Å²) in [6.07, 6.45) is 2.21. The molecule has 0 aliphatic carbocycles. The van der Waals surface area contributed by atoms with E-state index in [-0.39, 0.29) is 11.7 Å². The number of carbonyl (C=O) groups is 1. The van der Waals surface area contributed by atoms with Crippen LogP contribution in [-0.4, -0.2) is 43.4 Å². The number of furan rings is 1. The van der Waals surface area contributed by atoms with Gasteiger partial charge in [-0.3, -0.25) is 9.79 Å². The van der Waals surface area contributed by atoms with Gasteiger partial charge in [0.2, 0.25) is 0 Å². The number of aliphatic imine (C=N–C) groups is 1. The van der Waals surface area contributed by atoms with E-state index in [2.05, 4.69) is 15.6 Å². The van der Waals surface area contributed by atoms with E-state index < -0.39 is 0 Å². The fraction of sp³-hybridized carbons (Fsp3) is 0.400. The lowest BCUT2D eigenvalue weighted by molar-refractivity contribution is 0.0925. The van der Waals surface area contributed by atoms with Crippen LogP contribution in [0.4, 0.5) is 4.39 Å². The molecule has 1 aromatic carbocycles. The average Bonchev–Trinajstić information content (AvgIpc) is 3.06. The van der Waals surface area contributed by atoms with Gasteiger partial charge in [-0.25, -0.2) is 4.39 Å². The fourth-order valence-electron chi connectivity index (χ4n) is 2.61. The second-order valence-electron chi connectivity index (χ2n) is 6.26. The standard InChI is InChI=1S/C20H27FN4O2/c1-4-22-20(25(3)14-16-7-5-8-17(21)13-16)24-11-6-10-23-19(26)18-15(2)9-12-27-18/h5,7-9,12-13H,4,6,10-11,14H2,1-3H3,(H,22,24)(H,23,26). The van der Waals surface area contributed by atoms with Gasteiger partial charge in [0.05, 0.1) is 6.26 Å². The van der Waals surface area contributed by atoms with E-state index in [9.17, 15) is 9.18 Å². The van der Waals surface area contributed by atoms with Crippen molar-refractivity contribution in [1.29, 1.82) is 0 Å². The van der Waals surface area contributed by atoms with E-state index in [1.807, 2.05) is 31.9 Å². The van der Waals surface area contributed by atoms with E-state index in [0.29, 0.717) is 31.8 Å². The van der Waals surface area contributed by atoms with Crippen LogP contribution in [0.25, 0.3) is 0 Å². The van der Waals surface area contributed by atoms with Gasteiger partial charge in [0.25, 0.3) is 5.91 Å². The zero-order valence-corrected chi connectivity index (χ0v) is 16.1. The zero-order chi connectivity index (χ0) is 19.6. The molecular weight excluding hydrogens is 347 g/mol. The maximum Gasteiger partial charge on any atom is 0.287 e. The van der Waals surface area contributed by atoms with E-state index >= 15 is 0 Å². The summed E-state index contributed by atoms with van der Waals surface area (Å²) < 4.78 is 18.5. The Hall–Kier alpha value is -2.83. The van der Waals surface area contributed by atoms with Crippen LogP contribution in [-0.2, 0) is 6.54 Å². The third-order valence-corrected chi connectivity index (χ3v) is 3.96. The van der Waals surface area contributed by atoms with Crippen molar-refractivity contribution in [2.45, 2.75) is 26.8 Å². The molecular formula is C20H27FN4O2. The number of halogens is 1. The van der Waals surface area contributed by atoms with Gasteiger partial charge in [-0.1, -0.05) is 12.1 Å². The molecule has 1 heterocycles. The Morgan fingerprint density at radius 1 is 1.30 bits per heavy atom. The highest BCUT2D eigenvalue weighted by molar-refractivity contribution is 5.92. The van der Waals surface area contributed by atoms with Crippen molar-refractivity contribution >= 4 is 11.9 Å². The molecule has 7 heteroatoms. The van der Waals surface area contributed by atoms with Crippen molar-refractivity contribution in [2.24, 2.45) is 4.99 Å². The number of carbonyl (C=O) groups excluding carboxylic acids is 1. The summed E-state index contributed by atoms with van der Waals surface area (Å²) in [5.41, 5.74) is 1.70. The van der Waals surface area contributed by atoms with Gasteiger partial charge in [-0.05, 0) is 44.0 Å². The second kappa shape index (κ2) is 10.4. The maximum absolute atomic E-state index is 13.3. The van der Waals surface area contributed by atoms with Crippen LogP contribution in [0, 0.1) is 12.7 Å². The number of benzene rings is 1. The van der Waals surface area contributed by atoms with Crippen LogP contribution < -0.4 is 10.6 Å².